The van der Waals surface area contributed by atoms with Crippen LogP contribution in [0.15, 0.2) is 0 Å². The zero-order valence-corrected chi connectivity index (χ0v) is 6.69. The summed E-state index contributed by atoms with van der Waals surface area (Å²) in [6.45, 7) is 2.20. The third-order valence-corrected chi connectivity index (χ3v) is 3.57. The number of hydrogen-bond donors (Lipinski definition) is 3. The van der Waals surface area contributed by atoms with E-state index >= 15 is 0 Å². The fourth-order valence-corrected chi connectivity index (χ4v) is 2.92. The summed E-state index contributed by atoms with van der Waals surface area (Å²) in [6, 6.07) is 0.954. The molecule has 0 amide bonds. The molecule has 2 aliphatic heterocycles. The van der Waals surface area contributed by atoms with Crippen molar-refractivity contribution in [2.75, 3.05) is 5.75 Å². The van der Waals surface area contributed by atoms with Crippen LogP contribution < -0.4 is 10.6 Å². The highest BCUT2D eigenvalue weighted by molar-refractivity contribution is 8.00. The molecule has 0 aromatic carbocycles. The Morgan fingerprint density at radius 1 is 1.50 bits per heavy atom. The molecule has 0 bridgehead atoms. The third kappa shape index (κ3) is 0.955. The molecule has 0 aromatic rings. The predicted octanol–water partition coefficient (Wildman–Crippen LogP) is -0.672. The molecule has 0 aliphatic carbocycles. The van der Waals surface area contributed by atoms with Crippen molar-refractivity contribution in [2.45, 2.75) is 30.6 Å². The maximum Gasteiger partial charge on any atom is 0.161 e. The number of hydrogen-bond acceptors (Lipinski definition) is 4. The highest BCUT2D eigenvalue weighted by Gasteiger charge is 2.40. The molecule has 2 aliphatic rings. The van der Waals surface area contributed by atoms with Gasteiger partial charge in [0.1, 0.15) is 0 Å². The van der Waals surface area contributed by atoms with Gasteiger partial charge in [-0.2, -0.15) is 11.8 Å². The maximum absolute atomic E-state index is 9.12. The van der Waals surface area contributed by atoms with Crippen molar-refractivity contribution in [2.24, 2.45) is 0 Å². The normalized spacial score (nSPS) is 53.4. The number of rotatable bonds is 0. The second-order valence-electron chi connectivity index (χ2n) is 2.91. The summed E-state index contributed by atoms with van der Waals surface area (Å²) in [5.41, 5.74) is 0. The van der Waals surface area contributed by atoms with Crippen LogP contribution in [-0.4, -0.2) is 34.5 Å². The molecule has 3 nitrogen and oxygen atoms in total. The first-order chi connectivity index (χ1) is 4.77. The lowest BCUT2D eigenvalue weighted by molar-refractivity contribution is 0.131. The molecule has 0 aromatic heterocycles. The third-order valence-electron chi connectivity index (χ3n) is 2.20. The van der Waals surface area contributed by atoms with Gasteiger partial charge in [0.15, 0.2) is 6.35 Å². The van der Waals surface area contributed by atoms with Crippen LogP contribution in [0, 0.1) is 0 Å². The number of nitrogens with one attached hydrogen (secondary N) is 2. The first-order valence-electron chi connectivity index (χ1n) is 3.59. The minimum Gasteiger partial charge on any atom is -0.365 e. The minimum absolute atomic E-state index is 0.472. The summed E-state index contributed by atoms with van der Waals surface area (Å²) < 4.78 is 0. The van der Waals surface area contributed by atoms with E-state index in [1.807, 2.05) is 11.8 Å². The first kappa shape index (κ1) is 6.91. The largest absolute Gasteiger partial charge is 0.365 e. The van der Waals surface area contributed by atoms with Gasteiger partial charge in [0.05, 0.1) is 0 Å². The molecule has 2 saturated heterocycles. The van der Waals surface area contributed by atoms with E-state index in [2.05, 4.69) is 17.6 Å². The molecule has 0 spiro atoms. The Morgan fingerprint density at radius 2 is 2.30 bits per heavy atom. The van der Waals surface area contributed by atoms with Crippen LogP contribution in [0.4, 0.5) is 0 Å². The van der Waals surface area contributed by atoms with Gasteiger partial charge in [-0.25, -0.2) is 0 Å². The van der Waals surface area contributed by atoms with Gasteiger partial charge in [0.2, 0.25) is 0 Å². The number of thioether (sulfide) groups is 1. The lowest BCUT2D eigenvalue weighted by atomic mass is 10.1. The molecule has 2 fully saturated rings. The summed E-state index contributed by atoms with van der Waals surface area (Å²) in [5.74, 6) is 1.12. The minimum atomic E-state index is -0.474. The van der Waals surface area contributed by atoms with Gasteiger partial charge < -0.3 is 5.11 Å². The van der Waals surface area contributed by atoms with Crippen LogP contribution in [0.3, 0.4) is 0 Å². The van der Waals surface area contributed by atoms with Gasteiger partial charge in [0, 0.05) is 23.1 Å². The molecule has 0 radical (unpaired) electrons. The number of aliphatic hydroxyl groups excluding tert-OH is 1. The Bertz CT molecular complexity index is 144. The van der Waals surface area contributed by atoms with Crippen molar-refractivity contribution >= 4 is 11.8 Å². The molecule has 10 heavy (non-hydrogen) atoms. The smallest absolute Gasteiger partial charge is 0.161 e. The fourth-order valence-electron chi connectivity index (χ4n) is 1.63. The average Bonchev–Trinajstić information content (AvgIpc) is 2.35. The van der Waals surface area contributed by atoms with E-state index in [0.717, 1.165) is 5.75 Å². The standard InChI is InChI=1S/C6H12N2OS/c1-3-5-4(2-10-3)7-6(9)8-5/h3-9H,2H2,1H3. The average molecular weight is 160 g/mol. The molecule has 4 heteroatoms. The summed E-state index contributed by atoms with van der Waals surface area (Å²) >= 11 is 1.96. The van der Waals surface area contributed by atoms with Crippen LogP contribution in [0.5, 0.6) is 0 Å². The summed E-state index contributed by atoms with van der Waals surface area (Å²) in [7, 11) is 0. The van der Waals surface area contributed by atoms with Crippen molar-refractivity contribution in [1.29, 1.82) is 0 Å². The van der Waals surface area contributed by atoms with Crippen LogP contribution in [0.2, 0.25) is 0 Å². The van der Waals surface area contributed by atoms with Crippen molar-refractivity contribution in [3.63, 3.8) is 0 Å². The summed E-state index contributed by atoms with van der Waals surface area (Å²) in [6.07, 6.45) is -0.474. The number of fused-ring (bicyclic) bond motifs is 1. The Balaban J connectivity index is 2.05. The Morgan fingerprint density at radius 3 is 3.00 bits per heavy atom. The maximum atomic E-state index is 9.12. The predicted molar refractivity (Wildman–Crippen MR) is 41.8 cm³/mol. The van der Waals surface area contributed by atoms with E-state index in [0.29, 0.717) is 17.3 Å². The second kappa shape index (κ2) is 2.37. The SMILES string of the molecule is CC1SCC2NC(O)NC21. The lowest BCUT2D eigenvalue weighted by Gasteiger charge is -2.11. The molecular formula is C6H12N2OS. The lowest BCUT2D eigenvalue weighted by Crippen LogP contribution is -2.36. The van der Waals surface area contributed by atoms with Gasteiger partial charge >= 0.3 is 0 Å². The molecular weight excluding hydrogens is 148 g/mol. The van der Waals surface area contributed by atoms with Gasteiger partial charge in [-0.05, 0) is 0 Å². The molecule has 2 heterocycles. The van der Waals surface area contributed by atoms with Crippen LogP contribution in [0.1, 0.15) is 6.92 Å². The zero-order valence-electron chi connectivity index (χ0n) is 5.87. The molecule has 4 atom stereocenters. The highest BCUT2D eigenvalue weighted by atomic mass is 32.2. The second-order valence-corrected chi connectivity index (χ2v) is 4.32. The van der Waals surface area contributed by atoms with Gasteiger partial charge in [0.25, 0.3) is 0 Å². The van der Waals surface area contributed by atoms with Crippen molar-refractivity contribution in [3.8, 4) is 0 Å². The fraction of sp³-hybridized carbons (Fsp3) is 1.00. The Kier molecular flexibility index (Phi) is 1.64. The van der Waals surface area contributed by atoms with Crippen molar-refractivity contribution < 1.29 is 5.11 Å². The number of aliphatic hydroxyl groups is 1. The molecule has 4 unspecified atom stereocenters. The Labute approximate surface area is 64.6 Å². The van der Waals surface area contributed by atoms with Gasteiger partial charge in [-0.15, -0.1) is 0 Å². The highest BCUT2D eigenvalue weighted by Crippen LogP contribution is 2.29. The van der Waals surface area contributed by atoms with Crippen molar-refractivity contribution in [3.05, 3.63) is 0 Å². The molecule has 0 saturated carbocycles. The van der Waals surface area contributed by atoms with E-state index in [1.165, 1.54) is 0 Å². The summed E-state index contributed by atoms with van der Waals surface area (Å²) in [5, 5.41) is 15.9. The quantitative estimate of drug-likeness (QED) is 0.440. The van der Waals surface area contributed by atoms with Gasteiger partial charge in [-0.3, -0.25) is 10.6 Å². The van der Waals surface area contributed by atoms with E-state index in [-0.39, 0.29) is 0 Å². The van der Waals surface area contributed by atoms with Gasteiger partial charge in [-0.1, -0.05) is 6.92 Å². The Hall–Kier alpha value is 0.230. The topological polar surface area (TPSA) is 44.3 Å². The van der Waals surface area contributed by atoms with Crippen molar-refractivity contribution in [1.82, 2.24) is 10.6 Å². The van der Waals surface area contributed by atoms with E-state index in [9.17, 15) is 0 Å². The van der Waals surface area contributed by atoms with E-state index < -0.39 is 6.35 Å². The van der Waals surface area contributed by atoms with E-state index in [1.54, 1.807) is 0 Å². The first-order valence-corrected chi connectivity index (χ1v) is 4.64. The molecule has 2 rings (SSSR count). The monoisotopic (exact) mass is 160 g/mol. The van der Waals surface area contributed by atoms with Crippen LogP contribution in [-0.2, 0) is 0 Å². The zero-order chi connectivity index (χ0) is 7.14. The van der Waals surface area contributed by atoms with Crippen LogP contribution in [0.25, 0.3) is 0 Å². The van der Waals surface area contributed by atoms with Crippen LogP contribution >= 0.6 is 11.8 Å². The van der Waals surface area contributed by atoms with E-state index in [4.69, 9.17) is 5.11 Å². The summed E-state index contributed by atoms with van der Waals surface area (Å²) in [4.78, 5) is 0. The molecule has 58 valence electrons. The molecule has 3 N–H and O–H groups in total.